The minimum atomic E-state index is -6.02. The molecule has 27 heavy (non-hydrogen) atoms. The van der Waals surface area contributed by atoms with E-state index in [9.17, 15) is 36.2 Å². The van der Waals surface area contributed by atoms with Crippen LogP contribution in [0.4, 0.5) is 26.3 Å². The molecule has 0 bridgehead atoms. The van der Waals surface area contributed by atoms with Gasteiger partial charge in [0.1, 0.15) is 0 Å². The van der Waals surface area contributed by atoms with Gasteiger partial charge in [-0.05, 0) is 24.0 Å². The monoisotopic (exact) mass is 400 g/mol. The number of aliphatic hydroxyl groups is 1. The normalized spacial score (nSPS) is 13.4. The molecule has 0 aliphatic rings. The minimum absolute atomic E-state index is 0.112. The lowest BCUT2D eigenvalue weighted by atomic mass is 9.97. The van der Waals surface area contributed by atoms with Gasteiger partial charge in [0.15, 0.2) is 0 Å². The highest BCUT2D eigenvalue weighted by Gasteiger charge is 2.72. The Hall–Kier alpha value is -1.84. The van der Waals surface area contributed by atoms with Gasteiger partial charge in [-0.1, -0.05) is 27.7 Å². The lowest BCUT2D eigenvalue weighted by molar-refractivity contribution is -0.377. The summed E-state index contributed by atoms with van der Waals surface area (Å²) >= 11 is 0. The van der Waals surface area contributed by atoms with Crippen molar-refractivity contribution in [3.05, 3.63) is 29.6 Å². The second-order valence-electron chi connectivity index (χ2n) is 7.14. The van der Waals surface area contributed by atoms with Crippen LogP contribution in [0.3, 0.4) is 0 Å². The van der Waals surface area contributed by atoms with E-state index in [1.54, 1.807) is 0 Å². The van der Waals surface area contributed by atoms with Crippen LogP contribution in [0.15, 0.2) is 18.3 Å². The molecule has 0 unspecified atom stereocenters. The molecule has 0 aromatic carbocycles. The summed E-state index contributed by atoms with van der Waals surface area (Å²) < 4.78 is 77.3. The zero-order valence-electron chi connectivity index (χ0n) is 15.3. The molecule has 0 saturated carbocycles. The maximum Gasteiger partial charge on any atom is 0.432 e. The lowest BCUT2D eigenvalue weighted by Gasteiger charge is -2.31. The first kappa shape index (κ1) is 23.2. The van der Waals surface area contributed by atoms with Crippen LogP contribution in [-0.4, -0.2) is 46.3 Å². The van der Waals surface area contributed by atoms with Crippen molar-refractivity contribution in [3.63, 3.8) is 0 Å². The molecular weight excluding hydrogens is 378 g/mol. The van der Waals surface area contributed by atoms with Crippen LogP contribution in [0, 0.1) is 11.8 Å². The van der Waals surface area contributed by atoms with Crippen molar-refractivity contribution >= 4 is 5.91 Å². The van der Waals surface area contributed by atoms with Crippen molar-refractivity contribution in [1.29, 1.82) is 0 Å². The van der Waals surface area contributed by atoms with E-state index < -0.39 is 29.6 Å². The summed E-state index contributed by atoms with van der Waals surface area (Å²) in [6.45, 7) is 8.22. The van der Waals surface area contributed by atoms with E-state index in [4.69, 9.17) is 0 Å². The molecule has 1 rings (SSSR count). The van der Waals surface area contributed by atoms with Gasteiger partial charge in [0.2, 0.25) is 0 Å². The molecule has 0 aliphatic carbocycles. The number of pyridine rings is 1. The summed E-state index contributed by atoms with van der Waals surface area (Å²) in [5.74, 6) is -0.333. The van der Waals surface area contributed by atoms with Crippen molar-refractivity contribution in [2.75, 3.05) is 13.1 Å². The van der Waals surface area contributed by atoms with E-state index in [0.717, 1.165) is 6.07 Å². The van der Waals surface area contributed by atoms with Crippen molar-refractivity contribution in [2.45, 2.75) is 45.6 Å². The average molecular weight is 400 g/mol. The maximum absolute atomic E-state index is 12.9. The van der Waals surface area contributed by atoms with Crippen molar-refractivity contribution in [3.8, 4) is 0 Å². The van der Waals surface area contributed by atoms with Crippen LogP contribution < -0.4 is 0 Å². The maximum atomic E-state index is 12.9. The first-order valence-corrected chi connectivity index (χ1v) is 8.22. The fraction of sp³-hybridized carbons (Fsp3) is 0.647. The molecule has 0 fully saturated rings. The Balaban J connectivity index is 3.24. The van der Waals surface area contributed by atoms with E-state index in [2.05, 4.69) is 4.98 Å². The van der Waals surface area contributed by atoms with Crippen molar-refractivity contribution in [2.24, 2.45) is 11.8 Å². The molecule has 1 aromatic heterocycles. The zero-order chi connectivity index (χ0) is 21.2. The molecule has 1 amide bonds. The Morgan fingerprint density at radius 1 is 1.00 bits per heavy atom. The fourth-order valence-electron chi connectivity index (χ4n) is 2.49. The van der Waals surface area contributed by atoms with Crippen LogP contribution in [0.2, 0.25) is 0 Å². The van der Waals surface area contributed by atoms with Gasteiger partial charge < -0.3 is 10.0 Å². The Morgan fingerprint density at radius 2 is 1.44 bits per heavy atom. The summed E-state index contributed by atoms with van der Waals surface area (Å²) in [7, 11) is 0. The van der Waals surface area contributed by atoms with E-state index in [0.29, 0.717) is 25.4 Å². The lowest BCUT2D eigenvalue weighted by Crippen LogP contribution is -2.54. The molecule has 4 nitrogen and oxygen atoms in total. The van der Waals surface area contributed by atoms with Gasteiger partial charge in [-0.2, -0.15) is 26.3 Å². The third kappa shape index (κ3) is 5.12. The van der Waals surface area contributed by atoms with Gasteiger partial charge in [-0.3, -0.25) is 9.78 Å². The Kier molecular flexibility index (Phi) is 6.90. The average Bonchev–Trinajstić information content (AvgIpc) is 2.49. The Bertz CT molecular complexity index is 614. The molecular formula is C17H22F6N2O2. The highest BCUT2D eigenvalue weighted by molar-refractivity contribution is 5.94. The molecule has 0 radical (unpaired) electrons. The molecule has 1 N–H and O–H groups in total. The number of hydrogen-bond donors (Lipinski definition) is 1. The minimum Gasteiger partial charge on any atom is -0.368 e. The van der Waals surface area contributed by atoms with Gasteiger partial charge >= 0.3 is 12.4 Å². The second-order valence-corrected chi connectivity index (χ2v) is 7.14. The van der Waals surface area contributed by atoms with Crippen LogP contribution in [0.25, 0.3) is 0 Å². The molecule has 0 saturated heterocycles. The van der Waals surface area contributed by atoms with Gasteiger partial charge in [0, 0.05) is 19.3 Å². The second kappa shape index (κ2) is 8.04. The van der Waals surface area contributed by atoms with E-state index in [-0.39, 0.29) is 17.4 Å². The summed E-state index contributed by atoms with van der Waals surface area (Å²) in [4.78, 5) is 17.1. The van der Waals surface area contributed by atoms with Crippen LogP contribution in [-0.2, 0) is 5.60 Å². The number of aromatic nitrogens is 1. The third-order valence-corrected chi connectivity index (χ3v) is 3.66. The van der Waals surface area contributed by atoms with Crippen molar-refractivity contribution in [1.82, 2.24) is 9.88 Å². The van der Waals surface area contributed by atoms with E-state index >= 15 is 0 Å². The van der Waals surface area contributed by atoms with Crippen LogP contribution >= 0.6 is 0 Å². The fourth-order valence-corrected chi connectivity index (χ4v) is 2.49. The molecule has 154 valence electrons. The number of nitrogens with zero attached hydrogens (tertiary/aromatic N) is 2. The summed E-state index contributed by atoms with van der Waals surface area (Å²) in [5.41, 5.74) is -6.91. The SMILES string of the molecule is CC(C)CN(CC(C)C)C(=O)c1ccc(C(O)(C(F)(F)F)C(F)(F)F)nc1. The number of carbonyl (C=O) groups is 1. The molecule has 0 atom stereocenters. The topological polar surface area (TPSA) is 53.4 Å². The standard InChI is InChI=1S/C17H22F6N2O2/c1-10(2)8-25(9-11(3)4)14(26)12-5-6-13(24-7-12)15(27,16(18,19)20)17(21,22)23/h5-7,10-11,27H,8-9H2,1-4H3. The smallest absolute Gasteiger partial charge is 0.368 e. The predicted molar refractivity (Wildman–Crippen MR) is 85.8 cm³/mol. The first-order chi connectivity index (χ1) is 12.1. The molecule has 0 aliphatic heterocycles. The summed E-state index contributed by atoms with van der Waals surface area (Å²) in [5, 5.41) is 9.32. The summed E-state index contributed by atoms with van der Waals surface area (Å²) in [6.07, 6.45) is -11.4. The zero-order valence-corrected chi connectivity index (χ0v) is 15.3. The van der Waals surface area contributed by atoms with Crippen LogP contribution in [0.1, 0.15) is 43.7 Å². The quantitative estimate of drug-likeness (QED) is 0.730. The number of carbonyl (C=O) groups excluding carboxylic acids is 1. The first-order valence-electron chi connectivity index (χ1n) is 8.22. The van der Waals surface area contributed by atoms with E-state index in [1.807, 2.05) is 27.7 Å². The molecule has 1 aromatic rings. The molecule has 10 heteroatoms. The Labute approximate surface area is 153 Å². The third-order valence-electron chi connectivity index (χ3n) is 3.66. The molecule has 0 spiro atoms. The molecule has 1 heterocycles. The van der Waals surface area contributed by atoms with Gasteiger partial charge in [-0.15, -0.1) is 0 Å². The summed E-state index contributed by atoms with van der Waals surface area (Å²) in [6, 6.07) is 1.18. The van der Waals surface area contributed by atoms with E-state index in [1.165, 1.54) is 4.90 Å². The highest BCUT2D eigenvalue weighted by Crippen LogP contribution is 2.49. The van der Waals surface area contributed by atoms with Gasteiger partial charge in [-0.25, -0.2) is 0 Å². The van der Waals surface area contributed by atoms with Crippen LogP contribution in [0.5, 0.6) is 0 Å². The largest absolute Gasteiger partial charge is 0.432 e. The predicted octanol–water partition coefficient (Wildman–Crippen LogP) is 4.15. The van der Waals surface area contributed by atoms with Gasteiger partial charge in [0.25, 0.3) is 11.5 Å². The number of rotatable bonds is 6. The number of alkyl halides is 6. The Morgan fingerprint density at radius 3 is 1.74 bits per heavy atom. The van der Waals surface area contributed by atoms with Crippen molar-refractivity contribution < 1.29 is 36.2 Å². The number of amides is 1. The number of halogens is 6. The number of hydrogen-bond acceptors (Lipinski definition) is 3. The highest BCUT2D eigenvalue weighted by atomic mass is 19.4. The van der Waals surface area contributed by atoms with Gasteiger partial charge in [0.05, 0.1) is 11.3 Å².